The molecule has 1 atom stereocenters. The highest BCUT2D eigenvalue weighted by Gasteiger charge is 2.43. The number of amides is 1. The Morgan fingerprint density at radius 1 is 1.33 bits per heavy atom. The predicted octanol–water partition coefficient (Wildman–Crippen LogP) is 3.07. The Bertz CT molecular complexity index is 528. The summed E-state index contributed by atoms with van der Waals surface area (Å²) in [5, 5.41) is 10.5. The van der Waals surface area contributed by atoms with Gasteiger partial charge in [0.15, 0.2) is 5.76 Å². The Kier molecular flexibility index (Phi) is 4.70. The van der Waals surface area contributed by atoms with E-state index in [2.05, 4.69) is 4.42 Å². The Hall–Kier alpha value is -1.99. The van der Waals surface area contributed by atoms with Crippen molar-refractivity contribution in [2.75, 3.05) is 0 Å². The van der Waals surface area contributed by atoms with Gasteiger partial charge in [-0.2, -0.15) is 13.2 Å². The zero-order chi connectivity index (χ0) is 16.4. The number of halogens is 3. The maximum absolute atomic E-state index is 12.9. The molecule has 0 saturated carbocycles. The summed E-state index contributed by atoms with van der Waals surface area (Å²) in [7, 11) is 0. The van der Waals surface area contributed by atoms with Crippen LogP contribution in [0.1, 0.15) is 48.1 Å². The van der Waals surface area contributed by atoms with Gasteiger partial charge in [-0.05, 0) is 11.8 Å². The molecule has 0 bridgehead atoms. The third kappa shape index (κ3) is 5.13. The van der Waals surface area contributed by atoms with E-state index in [0.29, 0.717) is 0 Å². The molecule has 1 heterocycles. The number of rotatable bonds is 4. The molecule has 0 fully saturated rings. The number of carboxylic acids is 1. The average molecular weight is 307 g/mol. The molecule has 5 nitrogen and oxygen atoms in total. The lowest BCUT2D eigenvalue weighted by molar-refractivity contribution is -0.159. The second-order valence-corrected chi connectivity index (χ2v) is 5.84. The number of carboxylic acid groups (broad SMARTS) is 1. The van der Waals surface area contributed by atoms with Crippen LogP contribution < -0.4 is 5.32 Å². The summed E-state index contributed by atoms with van der Waals surface area (Å²) in [6.07, 6.45) is -4.12. The number of aromatic carboxylic acids is 1. The van der Waals surface area contributed by atoms with Crippen LogP contribution in [0.5, 0.6) is 0 Å². The van der Waals surface area contributed by atoms with Gasteiger partial charge in [-0.15, -0.1) is 0 Å². The number of carbonyl (C=O) groups is 2. The minimum Gasteiger partial charge on any atom is -0.478 e. The molecule has 1 rings (SSSR count). The summed E-state index contributed by atoms with van der Waals surface area (Å²) in [6.45, 7) is 4.86. The summed E-state index contributed by atoms with van der Waals surface area (Å²) in [6, 6.07) is -1.16. The van der Waals surface area contributed by atoms with Crippen LogP contribution in [0.15, 0.2) is 16.7 Å². The standard InChI is InChI=1S/C13H16F3NO4/c1-12(2,3)5-9(13(14,15)16)17-10(18)8-4-7(6-21-8)11(19)20/h4,6,9H,5H2,1-3H3,(H,17,18)(H,19,20). The SMILES string of the molecule is CC(C)(C)CC(NC(=O)c1cc(C(=O)O)co1)C(F)(F)F. The monoisotopic (exact) mass is 307 g/mol. The number of hydrogen-bond donors (Lipinski definition) is 2. The van der Waals surface area contributed by atoms with E-state index in [1.165, 1.54) is 0 Å². The lowest BCUT2D eigenvalue weighted by Crippen LogP contribution is -2.47. The Labute approximate surface area is 119 Å². The molecular formula is C13H16F3NO4. The van der Waals surface area contributed by atoms with Gasteiger partial charge in [0.1, 0.15) is 12.3 Å². The average Bonchev–Trinajstić information content (AvgIpc) is 2.74. The van der Waals surface area contributed by atoms with Crippen LogP contribution in [0.25, 0.3) is 0 Å². The molecule has 0 aliphatic heterocycles. The second-order valence-electron chi connectivity index (χ2n) is 5.84. The van der Waals surface area contributed by atoms with Crippen LogP contribution in [0.2, 0.25) is 0 Å². The molecule has 1 aromatic heterocycles. The molecule has 118 valence electrons. The molecule has 1 unspecified atom stereocenters. The van der Waals surface area contributed by atoms with E-state index < -0.39 is 35.3 Å². The summed E-state index contributed by atoms with van der Waals surface area (Å²) in [5.74, 6) is -2.91. The Balaban J connectivity index is 2.87. The molecule has 0 aliphatic rings. The first-order chi connectivity index (χ1) is 9.40. The fourth-order valence-electron chi connectivity index (χ4n) is 1.66. The molecule has 0 aliphatic carbocycles. The number of carbonyl (C=O) groups excluding carboxylic acids is 1. The first kappa shape index (κ1) is 17.1. The fraction of sp³-hybridized carbons (Fsp3) is 0.538. The van der Waals surface area contributed by atoms with E-state index in [0.717, 1.165) is 12.3 Å². The van der Waals surface area contributed by atoms with Gasteiger partial charge in [0.25, 0.3) is 5.91 Å². The van der Waals surface area contributed by atoms with Crippen molar-refractivity contribution in [2.24, 2.45) is 5.41 Å². The smallest absolute Gasteiger partial charge is 0.408 e. The number of hydrogen-bond acceptors (Lipinski definition) is 3. The third-order valence-corrected chi connectivity index (χ3v) is 2.59. The van der Waals surface area contributed by atoms with Crippen LogP contribution in [-0.4, -0.2) is 29.2 Å². The van der Waals surface area contributed by atoms with Crippen molar-refractivity contribution in [3.05, 3.63) is 23.7 Å². The molecule has 0 radical (unpaired) electrons. The highest BCUT2D eigenvalue weighted by molar-refractivity contribution is 5.95. The number of alkyl halides is 3. The van der Waals surface area contributed by atoms with Crippen LogP contribution >= 0.6 is 0 Å². The van der Waals surface area contributed by atoms with Crippen molar-refractivity contribution in [2.45, 2.75) is 39.4 Å². The van der Waals surface area contributed by atoms with Gasteiger partial charge in [0.2, 0.25) is 0 Å². The highest BCUT2D eigenvalue weighted by Crippen LogP contribution is 2.30. The molecule has 0 saturated heterocycles. The number of furan rings is 1. The first-order valence-corrected chi connectivity index (χ1v) is 6.09. The van der Waals surface area contributed by atoms with Gasteiger partial charge < -0.3 is 14.8 Å². The molecule has 0 aromatic carbocycles. The zero-order valence-electron chi connectivity index (χ0n) is 11.7. The van der Waals surface area contributed by atoms with E-state index in [4.69, 9.17) is 5.11 Å². The van der Waals surface area contributed by atoms with E-state index in [1.807, 2.05) is 5.32 Å². The van der Waals surface area contributed by atoms with Crippen LogP contribution in [-0.2, 0) is 0 Å². The molecule has 0 spiro atoms. The van der Waals surface area contributed by atoms with Crippen LogP contribution in [0.3, 0.4) is 0 Å². The second kappa shape index (κ2) is 5.79. The van der Waals surface area contributed by atoms with Gasteiger partial charge in [-0.25, -0.2) is 4.79 Å². The van der Waals surface area contributed by atoms with Gasteiger partial charge in [0, 0.05) is 6.07 Å². The van der Waals surface area contributed by atoms with Gasteiger partial charge in [0.05, 0.1) is 5.56 Å². The molecule has 1 aromatic rings. The fourth-order valence-corrected chi connectivity index (χ4v) is 1.66. The molecule has 8 heteroatoms. The first-order valence-electron chi connectivity index (χ1n) is 6.09. The van der Waals surface area contributed by atoms with Gasteiger partial charge in [-0.1, -0.05) is 20.8 Å². The van der Waals surface area contributed by atoms with Crippen molar-refractivity contribution >= 4 is 11.9 Å². The summed E-state index contributed by atoms with van der Waals surface area (Å²) in [5.41, 5.74) is -0.956. The highest BCUT2D eigenvalue weighted by atomic mass is 19.4. The zero-order valence-corrected chi connectivity index (χ0v) is 11.7. The van der Waals surface area contributed by atoms with Crippen molar-refractivity contribution in [3.63, 3.8) is 0 Å². The summed E-state index contributed by atoms with van der Waals surface area (Å²) < 4.78 is 43.4. The molecule has 21 heavy (non-hydrogen) atoms. The predicted molar refractivity (Wildman–Crippen MR) is 67.0 cm³/mol. The van der Waals surface area contributed by atoms with Crippen molar-refractivity contribution < 1.29 is 32.3 Å². The summed E-state index contributed by atoms with van der Waals surface area (Å²) in [4.78, 5) is 22.4. The lowest BCUT2D eigenvalue weighted by atomic mass is 9.88. The quantitative estimate of drug-likeness (QED) is 0.896. The molecular weight excluding hydrogens is 291 g/mol. The van der Waals surface area contributed by atoms with Crippen LogP contribution in [0, 0.1) is 5.41 Å². The topological polar surface area (TPSA) is 79.5 Å². The maximum Gasteiger partial charge on any atom is 0.408 e. The maximum atomic E-state index is 12.9. The lowest BCUT2D eigenvalue weighted by Gasteiger charge is -2.28. The van der Waals surface area contributed by atoms with E-state index >= 15 is 0 Å². The van der Waals surface area contributed by atoms with Crippen molar-refractivity contribution in [3.8, 4) is 0 Å². The van der Waals surface area contributed by atoms with E-state index in [-0.39, 0.29) is 12.0 Å². The van der Waals surface area contributed by atoms with E-state index in [1.54, 1.807) is 20.8 Å². The Morgan fingerprint density at radius 3 is 2.29 bits per heavy atom. The van der Waals surface area contributed by atoms with Gasteiger partial charge >= 0.3 is 12.1 Å². The van der Waals surface area contributed by atoms with Crippen molar-refractivity contribution in [1.29, 1.82) is 0 Å². The summed E-state index contributed by atoms with van der Waals surface area (Å²) >= 11 is 0. The van der Waals surface area contributed by atoms with Crippen LogP contribution in [0.4, 0.5) is 13.2 Å². The van der Waals surface area contributed by atoms with E-state index in [9.17, 15) is 22.8 Å². The minimum absolute atomic E-state index is 0.306. The van der Waals surface area contributed by atoms with Crippen molar-refractivity contribution in [1.82, 2.24) is 5.32 Å². The van der Waals surface area contributed by atoms with Gasteiger partial charge in [-0.3, -0.25) is 4.79 Å². The molecule has 2 N–H and O–H groups in total. The Morgan fingerprint density at radius 2 is 1.90 bits per heavy atom. The number of nitrogens with one attached hydrogen (secondary N) is 1. The third-order valence-electron chi connectivity index (χ3n) is 2.59. The minimum atomic E-state index is -4.61. The largest absolute Gasteiger partial charge is 0.478 e. The normalized spacial score (nSPS) is 13.8. The molecule has 1 amide bonds.